The Hall–Kier alpha value is -1.62. The van der Waals surface area contributed by atoms with Crippen molar-refractivity contribution in [2.24, 2.45) is 11.7 Å². The predicted molar refractivity (Wildman–Crippen MR) is 84.9 cm³/mol. The van der Waals surface area contributed by atoms with E-state index in [-0.39, 0.29) is 18.6 Å². The molecular weight excluding hydrogens is 272 g/mol. The highest BCUT2D eigenvalue weighted by Gasteiger charge is 2.18. The molecule has 0 aromatic heterocycles. The van der Waals surface area contributed by atoms with E-state index in [1.807, 2.05) is 6.92 Å². The van der Waals surface area contributed by atoms with E-state index in [2.05, 4.69) is 13.8 Å². The summed E-state index contributed by atoms with van der Waals surface area (Å²) in [5, 5.41) is 0. The van der Waals surface area contributed by atoms with Crippen LogP contribution in [0.15, 0.2) is 24.3 Å². The quantitative estimate of drug-likeness (QED) is 0.817. The van der Waals surface area contributed by atoms with E-state index in [9.17, 15) is 4.79 Å². The summed E-state index contributed by atoms with van der Waals surface area (Å²) in [7, 11) is 1.80. The third-order valence-corrected chi connectivity index (χ3v) is 3.71. The van der Waals surface area contributed by atoms with Crippen molar-refractivity contribution in [3.8, 4) is 5.75 Å². The number of carbonyl (C=O) groups excluding carboxylic acids is 1. The molecule has 20 heavy (non-hydrogen) atoms. The van der Waals surface area contributed by atoms with Gasteiger partial charge in [-0.2, -0.15) is 0 Å². The lowest BCUT2D eigenvalue weighted by atomic mass is 10.1. The lowest BCUT2D eigenvalue weighted by Crippen LogP contribution is -2.40. The molecule has 1 amide bonds. The summed E-state index contributed by atoms with van der Waals surface area (Å²) < 4.78 is 5.48. The normalized spacial score (nSPS) is 12.1. The van der Waals surface area contributed by atoms with Gasteiger partial charge in [0.05, 0.1) is 0 Å². The summed E-state index contributed by atoms with van der Waals surface area (Å²) in [4.78, 5) is 14.1. The highest BCUT2D eigenvalue weighted by Crippen LogP contribution is 2.13. The van der Waals surface area contributed by atoms with E-state index >= 15 is 0 Å². The number of rotatable bonds is 6. The summed E-state index contributed by atoms with van der Waals surface area (Å²) in [6.45, 7) is 6.23. The molecule has 1 aromatic rings. The minimum atomic E-state index is -0.0374. The van der Waals surface area contributed by atoms with Gasteiger partial charge in [-0.25, -0.2) is 0 Å². The molecule has 4 nitrogen and oxygen atoms in total. The molecule has 2 N–H and O–H groups in total. The fourth-order valence-electron chi connectivity index (χ4n) is 1.64. The maximum atomic E-state index is 12.0. The molecule has 0 fully saturated rings. The Bertz CT molecular complexity index is 471. The number of thiocarbonyl (C=S) groups is 1. The zero-order valence-corrected chi connectivity index (χ0v) is 13.2. The smallest absolute Gasteiger partial charge is 0.260 e. The topological polar surface area (TPSA) is 55.6 Å². The Kier molecular flexibility index (Phi) is 5.95. The molecule has 0 heterocycles. The van der Waals surface area contributed by atoms with Crippen LogP contribution in [0.1, 0.15) is 26.3 Å². The van der Waals surface area contributed by atoms with Crippen LogP contribution in [-0.4, -0.2) is 35.5 Å². The second kappa shape index (κ2) is 7.24. The lowest BCUT2D eigenvalue weighted by Gasteiger charge is -2.27. The Morgan fingerprint density at radius 2 is 1.85 bits per heavy atom. The lowest BCUT2D eigenvalue weighted by molar-refractivity contribution is -0.134. The SMILES string of the molecule is CC(C)C(C)N(C)C(=O)COc1ccc(C(N)=S)cc1. The predicted octanol–water partition coefficient (Wildman–Crippen LogP) is 2.20. The van der Waals surface area contributed by atoms with E-state index in [4.69, 9.17) is 22.7 Å². The number of ether oxygens (including phenoxy) is 1. The van der Waals surface area contributed by atoms with Crippen molar-refractivity contribution in [3.63, 3.8) is 0 Å². The first-order valence-electron chi connectivity index (χ1n) is 6.61. The molecule has 0 saturated heterocycles. The van der Waals surface area contributed by atoms with Gasteiger partial charge in [-0.15, -0.1) is 0 Å². The van der Waals surface area contributed by atoms with Crippen LogP contribution >= 0.6 is 12.2 Å². The molecule has 0 aliphatic heterocycles. The summed E-state index contributed by atoms with van der Waals surface area (Å²) in [6.07, 6.45) is 0. The van der Waals surface area contributed by atoms with Gasteiger partial charge in [-0.05, 0) is 37.1 Å². The van der Waals surface area contributed by atoms with Gasteiger partial charge in [0.15, 0.2) is 6.61 Å². The van der Waals surface area contributed by atoms with E-state index in [1.54, 1.807) is 36.2 Å². The molecule has 110 valence electrons. The van der Waals surface area contributed by atoms with Gasteiger partial charge in [0.1, 0.15) is 10.7 Å². The van der Waals surface area contributed by atoms with Gasteiger partial charge in [0.25, 0.3) is 5.91 Å². The van der Waals surface area contributed by atoms with Crippen molar-refractivity contribution < 1.29 is 9.53 Å². The molecule has 5 heteroatoms. The Balaban J connectivity index is 2.54. The molecule has 0 aliphatic rings. The average Bonchev–Trinajstić information content (AvgIpc) is 2.43. The molecule has 1 rings (SSSR count). The molecular formula is C15H22N2O2S. The van der Waals surface area contributed by atoms with E-state index in [0.29, 0.717) is 16.7 Å². The van der Waals surface area contributed by atoms with Crippen LogP contribution in [0.5, 0.6) is 5.75 Å². The van der Waals surface area contributed by atoms with Crippen LogP contribution in [0, 0.1) is 5.92 Å². The van der Waals surface area contributed by atoms with Crippen LogP contribution in [0.25, 0.3) is 0 Å². The zero-order valence-electron chi connectivity index (χ0n) is 12.4. The number of hydrogen-bond acceptors (Lipinski definition) is 3. The zero-order chi connectivity index (χ0) is 15.3. The van der Waals surface area contributed by atoms with Crippen molar-refractivity contribution >= 4 is 23.1 Å². The highest BCUT2D eigenvalue weighted by atomic mass is 32.1. The number of likely N-dealkylation sites (N-methyl/N-ethyl adjacent to an activating group) is 1. The fraction of sp³-hybridized carbons (Fsp3) is 0.467. The van der Waals surface area contributed by atoms with Crippen molar-refractivity contribution in [1.82, 2.24) is 4.90 Å². The molecule has 1 aromatic carbocycles. The maximum Gasteiger partial charge on any atom is 0.260 e. The first kappa shape index (κ1) is 16.4. The standard InChI is InChI=1S/C15H22N2O2S/c1-10(2)11(3)17(4)14(18)9-19-13-7-5-12(6-8-13)15(16)20/h5-8,10-11H,9H2,1-4H3,(H2,16,20). The van der Waals surface area contributed by atoms with Crippen LogP contribution in [0.4, 0.5) is 0 Å². The minimum absolute atomic E-state index is 0.0278. The Morgan fingerprint density at radius 3 is 2.30 bits per heavy atom. The minimum Gasteiger partial charge on any atom is -0.484 e. The summed E-state index contributed by atoms with van der Waals surface area (Å²) >= 11 is 4.87. The van der Waals surface area contributed by atoms with Crippen LogP contribution in [-0.2, 0) is 4.79 Å². The van der Waals surface area contributed by atoms with E-state index in [0.717, 1.165) is 5.56 Å². The molecule has 0 spiro atoms. The second-order valence-corrected chi connectivity index (χ2v) is 5.61. The Morgan fingerprint density at radius 1 is 1.30 bits per heavy atom. The highest BCUT2D eigenvalue weighted by molar-refractivity contribution is 7.80. The van der Waals surface area contributed by atoms with Gasteiger partial charge in [-0.3, -0.25) is 4.79 Å². The summed E-state index contributed by atoms with van der Waals surface area (Å²) in [6, 6.07) is 7.26. The maximum absolute atomic E-state index is 12.0. The number of carbonyl (C=O) groups is 1. The monoisotopic (exact) mass is 294 g/mol. The third kappa shape index (κ3) is 4.49. The number of hydrogen-bond donors (Lipinski definition) is 1. The van der Waals surface area contributed by atoms with Gasteiger partial charge in [-0.1, -0.05) is 26.1 Å². The van der Waals surface area contributed by atoms with Crippen LogP contribution in [0.2, 0.25) is 0 Å². The Labute approximate surface area is 125 Å². The second-order valence-electron chi connectivity index (χ2n) is 5.17. The summed E-state index contributed by atoms with van der Waals surface area (Å²) in [5.74, 6) is 1.00. The van der Waals surface area contributed by atoms with Gasteiger partial charge >= 0.3 is 0 Å². The fourth-order valence-corrected chi connectivity index (χ4v) is 1.77. The average molecular weight is 294 g/mol. The van der Waals surface area contributed by atoms with Crippen molar-refractivity contribution in [2.45, 2.75) is 26.8 Å². The molecule has 0 bridgehead atoms. The molecule has 1 unspecified atom stereocenters. The van der Waals surface area contributed by atoms with Gasteiger partial charge in [0.2, 0.25) is 0 Å². The number of benzene rings is 1. The largest absolute Gasteiger partial charge is 0.484 e. The van der Waals surface area contributed by atoms with Crippen LogP contribution < -0.4 is 10.5 Å². The first-order chi connectivity index (χ1) is 9.32. The van der Waals surface area contributed by atoms with Crippen molar-refractivity contribution in [2.75, 3.05) is 13.7 Å². The van der Waals surface area contributed by atoms with Crippen LogP contribution in [0.3, 0.4) is 0 Å². The number of amides is 1. The van der Waals surface area contributed by atoms with E-state index < -0.39 is 0 Å². The number of nitrogens with two attached hydrogens (primary N) is 1. The van der Waals surface area contributed by atoms with Crippen molar-refractivity contribution in [3.05, 3.63) is 29.8 Å². The van der Waals surface area contributed by atoms with Gasteiger partial charge in [0, 0.05) is 18.7 Å². The van der Waals surface area contributed by atoms with Crippen molar-refractivity contribution in [1.29, 1.82) is 0 Å². The summed E-state index contributed by atoms with van der Waals surface area (Å²) in [5.41, 5.74) is 6.30. The number of nitrogens with zero attached hydrogens (tertiary/aromatic N) is 1. The molecule has 0 aliphatic carbocycles. The van der Waals surface area contributed by atoms with Gasteiger partial charge < -0.3 is 15.4 Å². The van der Waals surface area contributed by atoms with E-state index in [1.165, 1.54) is 0 Å². The third-order valence-electron chi connectivity index (χ3n) is 3.47. The molecule has 0 radical (unpaired) electrons. The molecule has 1 atom stereocenters. The first-order valence-corrected chi connectivity index (χ1v) is 7.02. The molecule has 0 saturated carbocycles.